The van der Waals surface area contributed by atoms with Gasteiger partial charge in [0.15, 0.2) is 29.2 Å². The molecule has 0 fully saturated rings. The number of nitrogens with one attached hydrogen (secondary N) is 2. The van der Waals surface area contributed by atoms with Crippen LogP contribution in [0.4, 0.5) is 17.6 Å². The van der Waals surface area contributed by atoms with Crippen molar-refractivity contribution in [3.05, 3.63) is 56.8 Å². The molecule has 0 aliphatic carbocycles. The van der Waals surface area contributed by atoms with Crippen molar-refractivity contribution in [1.29, 1.82) is 0 Å². The van der Waals surface area contributed by atoms with E-state index in [1.807, 2.05) is 0 Å². The zero-order valence-electron chi connectivity index (χ0n) is 13.2. The quantitative estimate of drug-likeness (QED) is 0.357. The van der Waals surface area contributed by atoms with Crippen LogP contribution in [0.3, 0.4) is 0 Å². The molecule has 1 heterocycles. The van der Waals surface area contributed by atoms with Gasteiger partial charge in [0, 0.05) is 38.0 Å². The number of benzene rings is 1. The molecule has 0 spiro atoms. The summed E-state index contributed by atoms with van der Waals surface area (Å²) >= 11 is 11.9. The SMILES string of the molecule is CN=C(NCc1c(F)c(F)cc(F)c1F)NCc1cc(Cl)c(Cl)n1C. The van der Waals surface area contributed by atoms with Gasteiger partial charge in [0.25, 0.3) is 0 Å². The van der Waals surface area contributed by atoms with Gasteiger partial charge in [-0.1, -0.05) is 23.2 Å². The standard InChI is InChI=1S/C15H14Cl2F4N4/c1-22-15(23-5-7-3-9(16)14(17)25(7)2)24-6-8-12(20)10(18)4-11(19)13(8)21/h3-4H,5-6H2,1-2H3,(H2,22,23,24). The van der Waals surface area contributed by atoms with Crippen LogP contribution >= 0.6 is 23.2 Å². The Balaban J connectivity index is 2.05. The summed E-state index contributed by atoms with van der Waals surface area (Å²) in [6.07, 6.45) is 0. The van der Waals surface area contributed by atoms with Crippen LogP contribution in [0.15, 0.2) is 17.1 Å². The third-order valence-electron chi connectivity index (χ3n) is 3.51. The molecule has 136 valence electrons. The van der Waals surface area contributed by atoms with Crippen LogP contribution in [-0.4, -0.2) is 17.6 Å². The largest absolute Gasteiger partial charge is 0.352 e. The summed E-state index contributed by atoms with van der Waals surface area (Å²) in [5.74, 6) is -5.68. The van der Waals surface area contributed by atoms with E-state index in [1.165, 1.54) is 7.05 Å². The third-order valence-corrected chi connectivity index (χ3v) is 4.35. The van der Waals surface area contributed by atoms with Crippen molar-refractivity contribution in [2.45, 2.75) is 13.1 Å². The highest BCUT2D eigenvalue weighted by Crippen LogP contribution is 2.25. The predicted octanol–water partition coefficient (Wildman–Crippen LogP) is 3.75. The lowest BCUT2D eigenvalue weighted by Crippen LogP contribution is -2.37. The Bertz CT molecular complexity index is 794. The second-order valence-corrected chi connectivity index (χ2v) is 5.82. The molecular weight excluding hydrogens is 383 g/mol. The Morgan fingerprint density at radius 2 is 1.60 bits per heavy atom. The number of halogens is 6. The molecule has 0 saturated carbocycles. The summed E-state index contributed by atoms with van der Waals surface area (Å²) < 4.78 is 55.3. The van der Waals surface area contributed by atoms with Crippen LogP contribution in [-0.2, 0) is 20.1 Å². The van der Waals surface area contributed by atoms with E-state index in [4.69, 9.17) is 23.2 Å². The summed E-state index contributed by atoms with van der Waals surface area (Å²) in [4.78, 5) is 3.87. The van der Waals surface area contributed by atoms with Gasteiger partial charge in [-0.25, -0.2) is 17.6 Å². The van der Waals surface area contributed by atoms with Gasteiger partial charge in [0.2, 0.25) is 0 Å². The highest BCUT2D eigenvalue weighted by atomic mass is 35.5. The predicted molar refractivity (Wildman–Crippen MR) is 88.7 cm³/mol. The molecule has 1 aromatic carbocycles. The summed E-state index contributed by atoms with van der Waals surface area (Å²) in [6.45, 7) is -0.244. The first-order valence-electron chi connectivity index (χ1n) is 7.02. The Hall–Kier alpha value is -1.93. The normalized spacial score (nSPS) is 11.8. The molecule has 0 unspecified atom stereocenters. The first-order valence-corrected chi connectivity index (χ1v) is 7.77. The molecule has 0 bridgehead atoms. The molecule has 4 nitrogen and oxygen atoms in total. The Labute approximate surface area is 151 Å². The van der Waals surface area contributed by atoms with E-state index in [0.29, 0.717) is 10.2 Å². The van der Waals surface area contributed by atoms with Gasteiger partial charge in [-0.2, -0.15) is 0 Å². The minimum Gasteiger partial charge on any atom is -0.352 e. The topological polar surface area (TPSA) is 41.4 Å². The molecule has 0 aliphatic rings. The minimum atomic E-state index is -1.47. The molecule has 10 heteroatoms. The number of hydrogen-bond acceptors (Lipinski definition) is 1. The van der Waals surface area contributed by atoms with E-state index in [0.717, 1.165) is 5.69 Å². The molecule has 2 N–H and O–H groups in total. The zero-order valence-corrected chi connectivity index (χ0v) is 14.7. The van der Waals surface area contributed by atoms with Gasteiger partial charge in [-0.15, -0.1) is 0 Å². The van der Waals surface area contributed by atoms with E-state index in [-0.39, 0.29) is 18.6 Å². The third kappa shape index (κ3) is 4.19. The van der Waals surface area contributed by atoms with Gasteiger partial charge in [0.1, 0.15) is 5.15 Å². The first-order chi connectivity index (χ1) is 11.8. The number of rotatable bonds is 4. The maximum Gasteiger partial charge on any atom is 0.191 e. The molecule has 0 amide bonds. The Morgan fingerprint density at radius 1 is 1.04 bits per heavy atom. The van der Waals surface area contributed by atoms with E-state index in [9.17, 15) is 17.6 Å². The molecule has 2 rings (SSSR count). The van der Waals surface area contributed by atoms with Crippen molar-refractivity contribution >= 4 is 29.2 Å². The maximum atomic E-state index is 13.6. The summed E-state index contributed by atoms with van der Waals surface area (Å²) in [5, 5.41) is 6.20. The average molecular weight is 397 g/mol. The number of aliphatic imine (C=N–C) groups is 1. The second kappa shape index (κ2) is 7.97. The Kier molecular flexibility index (Phi) is 6.18. The van der Waals surface area contributed by atoms with Gasteiger partial charge >= 0.3 is 0 Å². The highest BCUT2D eigenvalue weighted by Gasteiger charge is 2.19. The lowest BCUT2D eigenvalue weighted by molar-refractivity contribution is 0.437. The zero-order chi connectivity index (χ0) is 18.7. The molecular formula is C15H14Cl2F4N4. The average Bonchev–Trinajstić information content (AvgIpc) is 2.82. The smallest absolute Gasteiger partial charge is 0.191 e. The number of aromatic nitrogens is 1. The lowest BCUT2D eigenvalue weighted by atomic mass is 10.2. The molecule has 0 saturated heterocycles. The summed E-state index contributed by atoms with van der Waals surface area (Å²) in [6, 6.07) is 1.80. The van der Waals surface area contributed by atoms with Crippen molar-refractivity contribution in [2.24, 2.45) is 12.0 Å². The van der Waals surface area contributed by atoms with Crippen LogP contribution in [0.1, 0.15) is 11.3 Å². The van der Waals surface area contributed by atoms with Crippen LogP contribution in [0, 0.1) is 23.3 Å². The van der Waals surface area contributed by atoms with Crippen LogP contribution < -0.4 is 10.6 Å². The van der Waals surface area contributed by atoms with Gasteiger partial charge in [0.05, 0.1) is 11.6 Å². The van der Waals surface area contributed by atoms with Crippen LogP contribution in [0.5, 0.6) is 0 Å². The fourth-order valence-corrected chi connectivity index (χ4v) is 2.52. The monoisotopic (exact) mass is 396 g/mol. The van der Waals surface area contributed by atoms with Gasteiger partial charge in [-0.3, -0.25) is 4.99 Å². The second-order valence-electron chi connectivity index (χ2n) is 5.06. The highest BCUT2D eigenvalue weighted by molar-refractivity contribution is 6.41. The van der Waals surface area contributed by atoms with Gasteiger partial charge in [-0.05, 0) is 6.07 Å². The summed E-state index contributed by atoms with van der Waals surface area (Å²) in [5.41, 5.74) is -0.0301. The lowest BCUT2D eigenvalue weighted by Gasteiger charge is -2.13. The number of nitrogens with zero attached hydrogens (tertiary/aromatic N) is 2. The fraction of sp³-hybridized carbons (Fsp3) is 0.267. The minimum absolute atomic E-state index is 0.157. The summed E-state index contributed by atoms with van der Waals surface area (Å²) in [7, 11) is 3.14. The van der Waals surface area contributed by atoms with Crippen molar-refractivity contribution in [1.82, 2.24) is 15.2 Å². The fourth-order valence-electron chi connectivity index (χ4n) is 2.10. The van der Waals surface area contributed by atoms with Crippen LogP contribution in [0.25, 0.3) is 0 Å². The van der Waals surface area contributed by atoms with Crippen molar-refractivity contribution < 1.29 is 17.6 Å². The van der Waals surface area contributed by atoms with Gasteiger partial charge < -0.3 is 15.2 Å². The van der Waals surface area contributed by atoms with E-state index in [2.05, 4.69) is 15.6 Å². The molecule has 0 aliphatic heterocycles. The van der Waals surface area contributed by atoms with E-state index < -0.39 is 35.4 Å². The molecule has 25 heavy (non-hydrogen) atoms. The Morgan fingerprint density at radius 3 is 2.08 bits per heavy atom. The first kappa shape index (κ1) is 19.4. The van der Waals surface area contributed by atoms with Crippen molar-refractivity contribution in [3.8, 4) is 0 Å². The molecule has 1 aromatic heterocycles. The van der Waals surface area contributed by atoms with E-state index in [1.54, 1.807) is 17.7 Å². The molecule has 0 radical (unpaired) electrons. The molecule has 0 atom stereocenters. The van der Waals surface area contributed by atoms with Crippen LogP contribution in [0.2, 0.25) is 10.2 Å². The van der Waals surface area contributed by atoms with E-state index >= 15 is 0 Å². The maximum absolute atomic E-state index is 13.6. The number of guanidine groups is 1. The number of hydrogen-bond donors (Lipinski definition) is 2. The molecule has 2 aromatic rings. The van der Waals surface area contributed by atoms with Crippen molar-refractivity contribution in [3.63, 3.8) is 0 Å². The van der Waals surface area contributed by atoms with Crippen molar-refractivity contribution in [2.75, 3.05) is 7.05 Å².